The summed E-state index contributed by atoms with van der Waals surface area (Å²) in [4.78, 5) is 15.1. The van der Waals surface area contributed by atoms with E-state index in [1.807, 2.05) is 0 Å². The third-order valence-corrected chi connectivity index (χ3v) is 7.41. The average molecular weight is 332 g/mol. The van der Waals surface area contributed by atoms with Gasteiger partial charge in [0.25, 0.3) is 0 Å². The van der Waals surface area contributed by atoms with Crippen LogP contribution in [-0.2, 0) is 9.53 Å². The molecule has 1 saturated carbocycles. The monoisotopic (exact) mass is 331 g/mol. The molecule has 4 aliphatic rings. The Morgan fingerprint density at radius 2 is 2.00 bits per heavy atom. The zero-order valence-electron chi connectivity index (χ0n) is 15.6. The van der Waals surface area contributed by atoms with Gasteiger partial charge >= 0.3 is 5.97 Å². The standard InChI is InChI=1S/C21H33NO2/c1-14-6-9-22(10-7-14)13-17-16-11-18-15(2)5-4-8-21(18,3)12-19(16)24-20(17)23/h11,14-17,19H,4-10,12-13H2,1-3H3/t15-,16+,17-,19+,21+/m0/s1. The van der Waals surface area contributed by atoms with Gasteiger partial charge < -0.3 is 9.64 Å². The van der Waals surface area contributed by atoms with Gasteiger partial charge in [-0.1, -0.05) is 38.8 Å². The smallest absolute Gasteiger partial charge is 0.311 e. The Balaban J connectivity index is 1.53. The van der Waals surface area contributed by atoms with Gasteiger partial charge in [0, 0.05) is 12.5 Å². The van der Waals surface area contributed by atoms with E-state index in [1.54, 1.807) is 5.57 Å². The fourth-order valence-corrected chi connectivity index (χ4v) is 5.78. The summed E-state index contributed by atoms with van der Waals surface area (Å²) in [5.41, 5.74) is 1.90. The maximum absolute atomic E-state index is 12.6. The molecule has 3 fully saturated rings. The molecule has 0 aromatic rings. The molecule has 0 spiro atoms. The van der Waals surface area contributed by atoms with Crippen LogP contribution in [0.3, 0.4) is 0 Å². The molecule has 4 rings (SSSR count). The molecule has 5 atom stereocenters. The maximum Gasteiger partial charge on any atom is 0.311 e. The second-order valence-corrected chi connectivity index (χ2v) is 9.32. The molecule has 0 amide bonds. The molecule has 0 bridgehead atoms. The third kappa shape index (κ3) is 2.83. The van der Waals surface area contributed by atoms with Crippen LogP contribution < -0.4 is 0 Å². The van der Waals surface area contributed by atoms with Gasteiger partial charge in [0.1, 0.15) is 6.10 Å². The van der Waals surface area contributed by atoms with E-state index in [0.29, 0.717) is 11.8 Å². The quantitative estimate of drug-likeness (QED) is 0.565. The van der Waals surface area contributed by atoms with Crippen LogP contribution >= 0.6 is 0 Å². The van der Waals surface area contributed by atoms with Gasteiger partial charge in [0.15, 0.2) is 0 Å². The van der Waals surface area contributed by atoms with Crippen LogP contribution in [0.15, 0.2) is 11.6 Å². The van der Waals surface area contributed by atoms with Crippen molar-refractivity contribution < 1.29 is 9.53 Å². The number of esters is 1. The molecule has 0 N–H and O–H groups in total. The number of hydrogen-bond donors (Lipinski definition) is 0. The van der Waals surface area contributed by atoms with Crippen LogP contribution in [0.2, 0.25) is 0 Å². The lowest BCUT2D eigenvalue weighted by atomic mass is 9.59. The number of piperidine rings is 1. The van der Waals surface area contributed by atoms with E-state index < -0.39 is 0 Å². The predicted octanol–water partition coefficient (Wildman–Crippen LogP) is 4.03. The van der Waals surface area contributed by atoms with Crippen LogP contribution in [-0.4, -0.2) is 36.6 Å². The number of carbonyl (C=O) groups excluding carboxylic acids is 1. The van der Waals surface area contributed by atoms with Crippen molar-refractivity contribution in [3.63, 3.8) is 0 Å². The van der Waals surface area contributed by atoms with Crippen LogP contribution in [0.25, 0.3) is 0 Å². The largest absolute Gasteiger partial charge is 0.461 e. The summed E-state index contributed by atoms with van der Waals surface area (Å²) in [5.74, 6) is 1.97. The second kappa shape index (κ2) is 6.16. The molecule has 24 heavy (non-hydrogen) atoms. The molecule has 0 radical (unpaired) electrons. The van der Waals surface area contributed by atoms with Gasteiger partial charge in [-0.25, -0.2) is 0 Å². The highest BCUT2D eigenvalue weighted by atomic mass is 16.6. The van der Waals surface area contributed by atoms with Gasteiger partial charge in [0.05, 0.1) is 5.92 Å². The molecular formula is C21H33NO2. The Labute approximate surface area is 146 Å². The lowest BCUT2D eigenvalue weighted by Gasteiger charge is -2.46. The van der Waals surface area contributed by atoms with E-state index >= 15 is 0 Å². The number of hydrogen-bond acceptors (Lipinski definition) is 3. The number of allylic oxidation sites excluding steroid dienone is 1. The number of ether oxygens (including phenoxy) is 1. The highest BCUT2D eigenvalue weighted by Crippen LogP contribution is 2.54. The zero-order chi connectivity index (χ0) is 16.9. The lowest BCUT2D eigenvalue weighted by Crippen LogP contribution is -2.42. The van der Waals surface area contributed by atoms with Gasteiger partial charge in [-0.3, -0.25) is 4.79 Å². The van der Waals surface area contributed by atoms with E-state index in [9.17, 15) is 4.79 Å². The molecule has 0 aromatic carbocycles. The predicted molar refractivity (Wildman–Crippen MR) is 95.5 cm³/mol. The summed E-state index contributed by atoms with van der Waals surface area (Å²) in [7, 11) is 0. The number of carbonyl (C=O) groups is 1. The molecule has 3 heteroatoms. The van der Waals surface area contributed by atoms with E-state index in [0.717, 1.165) is 32.0 Å². The summed E-state index contributed by atoms with van der Waals surface area (Å²) in [6, 6.07) is 0. The van der Waals surface area contributed by atoms with Crippen LogP contribution in [0.5, 0.6) is 0 Å². The second-order valence-electron chi connectivity index (χ2n) is 9.32. The van der Waals surface area contributed by atoms with Crippen molar-refractivity contribution in [2.75, 3.05) is 19.6 Å². The zero-order valence-corrected chi connectivity index (χ0v) is 15.6. The van der Waals surface area contributed by atoms with E-state index in [2.05, 4.69) is 31.7 Å². The van der Waals surface area contributed by atoms with Crippen LogP contribution in [0, 0.1) is 29.1 Å². The summed E-state index contributed by atoms with van der Waals surface area (Å²) in [5, 5.41) is 0. The Morgan fingerprint density at radius 1 is 1.25 bits per heavy atom. The Kier molecular flexibility index (Phi) is 4.27. The van der Waals surface area contributed by atoms with Crippen LogP contribution in [0.4, 0.5) is 0 Å². The minimum Gasteiger partial charge on any atom is -0.461 e. The van der Waals surface area contributed by atoms with Gasteiger partial charge in [-0.2, -0.15) is 0 Å². The molecule has 2 heterocycles. The number of likely N-dealkylation sites (tertiary alicyclic amines) is 1. The highest BCUT2D eigenvalue weighted by Gasteiger charge is 2.51. The van der Waals surface area contributed by atoms with Crippen molar-refractivity contribution in [3.8, 4) is 0 Å². The molecule has 0 aromatic heterocycles. The number of rotatable bonds is 2. The van der Waals surface area contributed by atoms with E-state index in [1.165, 1.54) is 32.1 Å². The van der Waals surface area contributed by atoms with Crippen LogP contribution in [0.1, 0.15) is 59.3 Å². The van der Waals surface area contributed by atoms with Crippen molar-refractivity contribution >= 4 is 5.97 Å². The molecular weight excluding hydrogens is 298 g/mol. The van der Waals surface area contributed by atoms with Crippen molar-refractivity contribution in [1.82, 2.24) is 4.90 Å². The summed E-state index contributed by atoms with van der Waals surface area (Å²) >= 11 is 0. The van der Waals surface area contributed by atoms with Gasteiger partial charge in [-0.05, 0) is 62.4 Å². The van der Waals surface area contributed by atoms with E-state index in [-0.39, 0.29) is 23.4 Å². The highest BCUT2D eigenvalue weighted by molar-refractivity contribution is 5.76. The first-order chi connectivity index (χ1) is 11.5. The minimum absolute atomic E-state index is 0.0644. The Bertz CT molecular complexity index is 534. The fraction of sp³-hybridized carbons (Fsp3) is 0.857. The van der Waals surface area contributed by atoms with E-state index in [4.69, 9.17) is 4.74 Å². The molecule has 134 valence electrons. The molecule has 2 aliphatic heterocycles. The maximum atomic E-state index is 12.6. The summed E-state index contributed by atoms with van der Waals surface area (Å²) < 4.78 is 5.88. The Hall–Kier alpha value is -0.830. The first-order valence-electron chi connectivity index (χ1n) is 10.1. The first kappa shape index (κ1) is 16.6. The summed E-state index contributed by atoms with van der Waals surface area (Å²) in [6.45, 7) is 10.3. The Morgan fingerprint density at radius 3 is 2.75 bits per heavy atom. The van der Waals surface area contributed by atoms with Crippen molar-refractivity contribution in [3.05, 3.63) is 11.6 Å². The van der Waals surface area contributed by atoms with Crippen molar-refractivity contribution in [2.24, 2.45) is 29.1 Å². The van der Waals surface area contributed by atoms with Crippen molar-refractivity contribution in [2.45, 2.75) is 65.4 Å². The lowest BCUT2D eigenvalue weighted by molar-refractivity contribution is -0.145. The average Bonchev–Trinajstić information content (AvgIpc) is 2.82. The number of fused-ring (bicyclic) bond motifs is 2. The third-order valence-electron chi connectivity index (χ3n) is 7.41. The SMILES string of the molecule is CC1CCN(C[C@@H]2C(=O)O[C@@H]3C[C@@]4(C)CCC[C@H](C)C4=C[C@H]23)CC1. The summed E-state index contributed by atoms with van der Waals surface area (Å²) in [6.07, 6.45) is 10.1. The molecule has 2 saturated heterocycles. The molecule has 2 aliphatic carbocycles. The van der Waals surface area contributed by atoms with Gasteiger partial charge in [-0.15, -0.1) is 0 Å². The topological polar surface area (TPSA) is 29.5 Å². The molecule has 3 nitrogen and oxygen atoms in total. The van der Waals surface area contributed by atoms with Gasteiger partial charge in [0.2, 0.25) is 0 Å². The first-order valence-corrected chi connectivity index (χ1v) is 10.1. The molecule has 0 unspecified atom stereocenters. The fourth-order valence-electron chi connectivity index (χ4n) is 5.78. The number of nitrogens with zero attached hydrogens (tertiary/aromatic N) is 1. The minimum atomic E-state index is 0.0644. The normalized spacial score (nSPS) is 43.8. The van der Waals surface area contributed by atoms with Crippen molar-refractivity contribution in [1.29, 1.82) is 0 Å².